The molecule has 0 saturated carbocycles. The fourth-order valence-electron chi connectivity index (χ4n) is 1.72. The van der Waals surface area contributed by atoms with E-state index in [-0.39, 0.29) is 33.9 Å². The predicted octanol–water partition coefficient (Wildman–Crippen LogP) is 0.596. The zero-order chi connectivity index (χ0) is 13.8. The van der Waals surface area contributed by atoms with Crippen LogP contribution in [0.4, 0.5) is 0 Å². The van der Waals surface area contributed by atoms with E-state index in [4.69, 9.17) is 16.3 Å². The Balaban J connectivity index is 1.97. The molecule has 19 heavy (non-hydrogen) atoms. The molecule has 1 saturated heterocycles. The summed E-state index contributed by atoms with van der Waals surface area (Å²) in [6.45, 7) is 1.15. The van der Waals surface area contributed by atoms with Gasteiger partial charge in [-0.25, -0.2) is 0 Å². The van der Waals surface area contributed by atoms with E-state index in [1.807, 2.05) is 0 Å². The van der Waals surface area contributed by atoms with Crippen LogP contribution in [0, 0.1) is 0 Å². The average molecular weight is 306 g/mol. The first-order valence-electron chi connectivity index (χ1n) is 5.57. The maximum Gasteiger partial charge on any atom is 0.308 e. The molecule has 0 spiro atoms. The molecule has 1 unspecified atom stereocenters. The monoisotopic (exact) mass is 305 g/mol. The maximum atomic E-state index is 12.1. The second-order valence-electron chi connectivity index (χ2n) is 3.88. The van der Waals surface area contributed by atoms with E-state index in [1.165, 1.54) is 7.11 Å². The smallest absolute Gasteiger partial charge is 0.308 e. The molecule has 0 N–H and O–H groups in total. The van der Waals surface area contributed by atoms with Crippen molar-refractivity contribution in [3.63, 3.8) is 0 Å². The van der Waals surface area contributed by atoms with Gasteiger partial charge in [-0.2, -0.15) is 0 Å². The van der Waals surface area contributed by atoms with E-state index < -0.39 is 0 Å². The van der Waals surface area contributed by atoms with Gasteiger partial charge in [0.2, 0.25) is 9.47 Å². The Kier molecular flexibility index (Phi) is 4.67. The molecule has 9 heteroatoms. The molecule has 7 nitrogen and oxygen atoms in total. The number of halogens is 1. The van der Waals surface area contributed by atoms with Crippen LogP contribution in [-0.2, 0) is 14.3 Å². The lowest BCUT2D eigenvalue weighted by molar-refractivity contribution is -0.145. The summed E-state index contributed by atoms with van der Waals surface area (Å²) < 4.78 is 10.2. The van der Waals surface area contributed by atoms with Gasteiger partial charge < -0.3 is 14.4 Å². The number of carbonyl (C=O) groups is 2. The highest BCUT2D eigenvalue weighted by molar-refractivity contribution is 7.17. The van der Waals surface area contributed by atoms with E-state index in [2.05, 4.69) is 14.9 Å². The van der Waals surface area contributed by atoms with Gasteiger partial charge in [0, 0.05) is 13.1 Å². The minimum absolute atomic E-state index is 0.122. The van der Waals surface area contributed by atoms with Crippen LogP contribution in [0.2, 0.25) is 4.47 Å². The number of nitrogens with zero attached hydrogens (tertiary/aromatic N) is 3. The normalized spacial score (nSPS) is 19.3. The largest absolute Gasteiger partial charge is 0.469 e. The molecular formula is C10H12ClN3O4S. The van der Waals surface area contributed by atoms with E-state index in [0.29, 0.717) is 19.7 Å². The molecule has 1 aromatic rings. The van der Waals surface area contributed by atoms with Crippen molar-refractivity contribution < 1.29 is 19.1 Å². The Hall–Kier alpha value is -1.25. The molecule has 1 atom stereocenters. The SMILES string of the molecule is COC(=O)CC1CN(C(=O)c2nnc(Cl)s2)CCO1. The molecule has 1 aliphatic heterocycles. The summed E-state index contributed by atoms with van der Waals surface area (Å²) >= 11 is 6.68. The van der Waals surface area contributed by atoms with E-state index in [1.54, 1.807) is 4.90 Å². The van der Waals surface area contributed by atoms with E-state index in [0.717, 1.165) is 11.3 Å². The van der Waals surface area contributed by atoms with E-state index >= 15 is 0 Å². The molecule has 1 fully saturated rings. The number of morpholine rings is 1. The lowest BCUT2D eigenvalue weighted by atomic mass is 10.2. The van der Waals surface area contributed by atoms with Crippen molar-refractivity contribution in [2.75, 3.05) is 26.8 Å². The summed E-state index contributed by atoms with van der Waals surface area (Å²) in [5, 5.41) is 7.54. The summed E-state index contributed by atoms with van der Waals surface area (Å²) in [5.41, 5.74) is 0. The summed E-state index contributed by atoms with van der Waals surface area (Å²) in [5.74, 6) is -0.610. The first-order valence-corrected chi connectivity index (χ1v) is 6.76. The quantitative estimate of drug-likeness (QED) is 0.761. The van der Waals surface area contributed by atoms with Crippen molar-refractivity contribution in [3.8, 4) is 0 Å². The zero-order valence-electron chi connectivity index (χ0n) is 10.2. The minimum atomic E-state index is -0.363. The molecule has 0 aromatic carbocycles. The van der Waals surface area contributed by atoms with Gasteiger partial charge in [-0.1, -0.05) is 11.3 Å². The number of ether oxygens (including phenoxy) is 2. The number of aromatic nitrogens is 2. The highest BCUT2D eigenvalue weighted by Crippen LogP contribution is 2.18. The molecule has 0 aliphatic carbocycles. The van der Waals surface area contributed by atoms with Crippen molar-refractivity contribution in [1.82, 2.24) is 15.1 Å². The van der Waals surface area contributed by atoms with Gasteiger partial charge in [-0.15, -0.1) is 10.2 Å². The molecule has 1 amide bonds. The summed E-state index contributed by atoms with van der Waals surface area (Å²) in [7, 11) is 1.32. The summed E-state index contributed by atoms with van der Waals surface area (Å²) in [4.78, 5) is 24.9. The Morgan fingerprint density at radius 2 is 2.37 bits per heavy atom. The standard InChI is InChI=1S/C10H12ClN3O4S/c1-17-7(15)4-6-5-14(2-3-18-6)9(16)8-12-13-10(11)19-8/h6H,2-5H2,1H3. The number of hydrogen-bond acceptors (Lipinski definition) is 7. The summed E-state index contributed by atoms with van der Waals surface area (Å²) in [6, 6.07) is 0. The number of hydrogen-bond donors (Lipinski definition) is 0. The maximum absolute atomic E-state index is 12.1. The average Bonchev–Trinajstić information content (AvgIpc) is 2.84. The highest BCUT2D eigenvalue weighted by atomic mass is 35.5. The van der Waals surface area contributed by atoms with Crippen LogP contribution in [0.15, 0.2) is 0 Å². The van der Waals surface area contributed by atoms with Crippen LogP contribution in [-0.4, -0.2) is 59.9 Å². The molecule has 1 aromatic heterocycles. The zero-order valence-corrected chi connectivity index (χ0v) is 11.7. The fourth-order valence-corrected chi connectivity index (χ4v) is 2.52. The van der Waals surface area contributed by atoms with Crippen LogP contribution >= 0.6 is 22.9 Å². The predicted molar refractivity (Wildman–Crippen MR) is 67.2 cm³/mol. The van der Waals surface area contributed by atoms with Gasteiger partial charge in [0.1, 0.15) is 0 Å². The van der Waals surface area contributed by atoms with Crippen LogP contribution < -0.4 is 0 Å². The Morgan fingerprint density at radius 1 is 1.58 bits per heavy atom. The van der Waals surface area contributed by atoms with Crippen LogP contribution in [0.1, 0.15) is 16.2 Å². The van der Waals surface area contributed by atoms with Crippen molar-refractivity contribution in [3.05, 3.63) is 9.47 Å². The van der Waals surface area contributed by atoms with E-state index in [9.17, 15) is 9.59 Å². The van der Waals surface area contributed by atoms with Gasteiger partial charge in [0.25, 0.3) is 5.91 Å². The molecule has 2 heterocycles. The fraction of sp³-hybridized carbons (Fsp3) is 0.600. The van der Waals surface area contributed by atoms with Gasteiger partial charge in [-0.3, -0.25) is 9.59 Å². The third kappa shape index (κ3) is 3.62. The second kappa shape index (κ2) is 6.27. The van der Waals surface area contributed by atoms with Gasteiger partial charge >= 0.3 is 5.97 Å². The number of amides is 1. The van der Waals surface area contributed by atoms with Crippen molar-refractivity contribution in [2.24, 2.45) is 0 Å². The van der Waals surface area contributed by atoms with Gasteiger partial charge in [-0.05, 0) is 11.6 Å². The first kappa shape index (κ1) is 14.2. The van der Waals surface area contributed by atoms with Crippen LogP contribution in [0.25, 0.3) is 0 Å². The molecule has 0 radical (unpaired) electrons. The number of carbonyl (C=O) groups excluding carboxylic acids is 2. The van der Waals surface area contributed by atoms with Crippen molar-refractivity contribution in [2.45, 2.75) is 12.5 Å². The summed E-state index contributed by atoms with van der Waals surface area (Å²) in [6.07, 6.45) is -0.231. The lowest BCUT2D eigenvalue weighted by Crippen LogP contribution is -2.46. The Labute approximate surface area is 118 Å². The Bertz CT molecular complexity index is 481. The highest BCUT2D eigenvalue weighted by Gasteiger charge is 2.28. The topological polar surface area (TPSA) is 81.6 Å². The van der Waals surface area contributed by atoms with Crippen LogP contribution in [0.3, 0.4) is 0 Å². The van der Waals surface area contributed by atoms with Crippen molar-refractivity contribution >= 4 is 34.8 Å². The first-order chi connectivity index (χ1) is 9.10. The molecule has 1 aliphatic rings. The van der Waals surface area contributed by atoms with Crippen molar-refractivity contribution in [1.29, 1.82) is 0 Å². The second-order valence-corrected chi connectivity index (χ2v) is 5.44. The number of esters is 1. The lowest BCUT2D eigenvalue weighted by Gasteiger charge is -2.31. The Morgan fingerprint density at radius 3 is 3.00 bits per heavy atom. The third-order valence-corrected chi connectivity index (χ3v) is 3.64. The van der Waals surface area contributed by atoms with Gasteiger partial charge in [0.05, 0.1) is 26.2 Å². The van der Waals surface area contributed by atoms with Crippen LogP contribution in [0.5, 0.6) is 0 Å². The van der Waals surface area contributed by atoms with Gasteiger partial charge in [0.15, 0.2) is 0 Å². The number of methoxy groups -OCH3 is 1. The molecule has 2 rings (SSSR count). The third-order valence-electron chi connectivity index (χ3n) is 2.63. The molecular weight excluding hydrogens is 294 g/mol. The number of rotatable bonds is 3. The molecule has 0 bridgehead atoms. The minimum Gasteiger partial charge on any atom is -0.469 e. The molecule has 104 valence electrons.